The van der Waals surface area contributed by atoms with Crippen LogP contribution in [0.5, 0.6) is 0 Å². The Kier molecular flexibility index (Phi) is 4.52. The summed E-state index contributed by atoms with van der Waals surface area (Å²) in [6.07, 6.45) is 0. The van der Waals surface area contributed by atoms with E-state index in [1.54, 1.807) is 0 Å². The summed E-state index contributed by atoms with van der Waals surface area (Å²) < 4.78 is 0. The van der Waals surface area contributed by atoms with E-state index in [0.717, 1.165) is 5.56 Å². The van der Waals surface area contributed by atoms with Gasteiger partial charge in [0.25, 0.3) is 5.91 Å². The SMILES string of the molecule is Cc1csc(C(=O)NCC(C)(C)C(N)=S)c1Cl. The molecule has 17 heavy (non-hydrogen) atoms. The fourth-order valence-corrected chi connectivity index (χ4v) is 2.32. The molecular formula is C11H15ClN2OS2. The number of hydrogen-bond donors (Lipinski definition) is 2. The van der Waals surface area contributed by atoms with Crippen molar-refractivity contribution in [2.24, 2.45) is 11.1 Å². The summed E-state index contributed by atoms with van der Waals surface area (Å²) in [5.41, 5.74) is 6.10. The minimum atomic E-state index is -0.399. The quantitative estimate of drug-likeness (QED) is 0.839. The Morgan fingerprint density at radius 2 is 2.24 bits per heavy atom. The molecule has 1 amide bonds. The Morgan fingerprint density at radius 1 is 1.65 bits per heavy atom. The van der Waals surface area contributed by atoms with Gasteiger partial charge in [0, 0.05) is 12.0 Å². The van der Waals surface area contributed by atoms with Crippen molar-refractivity contribution in [2.45, 2.75) is 20.8 Å². The number of rotatable bonds is 4. The van der Waals surface area contributed by atoms with Gasteiger partial charge in [-0.3, -0.25) is 4.79 Å². The van der Waals surface area contributed by atoms with Crippen molar-refractivity contribution < 1.29 is 4.79 Å². The molecule has 3 N–H and O–H groups in total. The van der Waals surface area contributed by atoms with Gasteiger partial charge in [0.1, 0.15) is 4.88 Å². The highest BCUT2D eigenvalue weighted by atomic mass is 35.5. The molecule has 0 aliphatic carbocycles. The number of thiophene rings is 1. The molecule has 0 bridgehead atoms. The van der Waals surface area contributed by atoms with Crippen molar-refractivity contribution in [3.8, 4) is 0 Å². The zero-order chi connectivity index (χ0) is 13.2. The van der Waals surface area contributed by atoms with Crippen LogP contribution in [0.4, 0.5) is 0 Å². The summed E-state index contributed by atoms with van der Waals surface area (Å²) in [5.74, 6) is -0.183. The normalized spacial score (nSPS) is 11.3. The Morgan fingerprint density at radius 3 is 2.65 bits per heavy atom. The van der Waals surface area contributed by atoms with Crippen molar-refractivity contribution in [2.75, 3.05) is 6.54 Å². The number of aryl methyl sites for hydroxylation is 1. The van der Waals surface area contributed by atoms with Crippen LogP contribution in [-0.4, -0.2) is 17.4 Å². The molecule has 1 aromatic heterocycles. The smallest absolute Gasteiger partial charge is 0.262 e. The number of carbonyl (C=O) groups is 1. The zero-order valence-electron chi connectivity index (χ0n) is 9.96. The summed E-state index contributed by atoms with van der Waals surface area (Å²) in [7, 11) is 0. The van der Waals surface area contributed by atoms with Crippen LogP contribution in [0.2, 0.25) is 5.02 Å². The van der Waals surface area contributed by atoms with E-state index in [1.165, 1.54) is 11.3 Å². The first kappa shape index (κ1) is 14.4. The Hall–Kier alpha value is -0.650. The predicted molar refractivity (Wildman–Crippen MR) is 77.0 cm³/mol. The molecule has 0 atom stereocenters. The molecule has 6 heteroatoms. The second-order valence-corrected chi connectivity index (χ2v) is 6.19. The summed E-state index contributed by atoms with van der Waals surface area (Å²) in [4.78, 5) is 12.8. The van der Waals surface area contributed by atoms with Crippen molar-refractivity contribution in [1.82, 2.24) is 5.32 Å². The van der Waals surface area contributed by atoms with Crippen LogP contribution in [0.3, 0.4) is 0 Å². The highest BCUT2D eigenvalue weighted by molar-refractivity contribution is 7.80. The van der Waals surface area contributed by atoms with Crippen LogP contribution < -0.4 is 11.1 Å². The lowest BCUT2D eigenvalue weighted by atomic mass is 9.93. The lowest BCUT2D eigenvalue weighted by molar-refractivity contribution is 0.0949. The summed E-state index contributed by atoms with van der Waals surface area (Å²) in [5, 5.41) is 5.17. The van der Waals surface area contributed by atoms with Gasteiger partial charge in [0.2, 0.25) is 0 Å². The molecule has 0 saturated heterocycles. The number of halogens is 1. The standard InChI is InChI=1S/C11H15ClN2OS2/c1-6-4-17-8(7(6)12)9(15)14-5-11(2,3)10(13)16/h4H,5H2,1-3H3,(H2,13,16)(H,14,15). The molecule has 1 rings (SSSR count). The lowest BCUT2D eigenvalue weighted by Gasteiger charge is -2.23. The first-order chi connectivity index (χ1) is 7.75. The Balaban J connectivity index is 2.69. The topological polar surface area (TPSA) is 55.1 Å². The number of nitrogens with two attached hydrogens (primary N) is 1. The fraction of sp³-hybridized carbons (Fsp3) is 0.455. The van der Waals surface area contributed by atoms with E-state index in [-0.39, 0.29) is 5.91 Å². The Labute approximate surface area is 115 Å². The summed E-state index contributed by atoms with van der Waals surface area (Å²) in [6, 6.07) is 0. The van der Waals surface area contributed by atoms with Crippen molar-refractivity contribution >= 4 is 46.1 Å². The largest absolute Gasteiger partial charge is 0.393 e. The molecule has 0 saturated carbocycles. The summed E-state index contributed by atoms with van der Waals surface area (Å²) >= 11 is 12.3. The number of amides is 1. The van der Waals surface area contributed by atoms with Gasteiger partial charge in [-0.1, -0.05) is 37.7 Å². The predicted octanol–water partition coefficient (Wildman–Crippen LogP) is 2.75. The van der Waals surface area contributed by atoms with Gasteiger partial charge in [-0.2, -0.15) is 0 Å². The monoisotopic (exact) mass is 290 g/mol. The van der Waals surface area contributed by atoms with Gasteiger partial charge in [-0.05, 0) is 17.9 Å². The van der Waals surface area contributed by atoms with E-state index in [2.05, 4.69) is 5.32 Å². The van der Waals surface area contributed by atoms with Crippen LogP contribution in [0, 0.1) is 12.3 Å². The highest BCUT2D eigenvalue weighted by Gasteiger charge is 2.23. The zero-order valence-corrected chi connectivity index (χ0v) is 12.4. The third-order valence-corrected chi connectivity index (χ3v) is 4.71. The molecule has 0 radical (unpaired) electrons. The van der Waals surface area contributed by atoms with E-state index in [4.69, 9.17) is 29.6 Å². The van der Waals surface area contributed by atoms with Crippen LogP contribution >= 0.6 is 35.2 Å². The molecule has 1 aromatic rings. The van der Waals surface area contributed by atoms with Crippen LogP contribution in [0.15, 0.2) is 5.38 Å². The van der Waals surface area contributed by atoms with Gasteiger partial charge in [-0.15, -0.1) is 11.3 Å². The number of carbonyl (C=O) groups excluding carboxylic acids is 1. The van der Waals surface area contributed by atoms with Crippen molar-refractivity contribution in [3.63, 3.8) is 0 Å². The molecule has 0 fully saturated rings. The maximum atomic E-state index is 11.9. The maximum absolute atomic E-state index is 11.9. The van der Waals surface area contributed by atoms with Crippen molar-refractivity contribution in [1.29, 1.82) is 0 Å². The number of hydrogen-bond acceptors (Lipinski definition) is 3. The fourth-order valence-electron chi connectivity index (χ4n) is 1.05. The van der Waals surface area contributed by atoms with E-state index in [9.17, 15) is 4.79 Å². The minimum Gasteiger partial charge on any atom is -0.393 e. The number of thiocarbonyl (C=S) groups is 1. The van der Waals surface area contributed by atoms with Gasteiger partial charge in [-0.25, -0.2) is 0 Å². The molecule has 94 valence electrons. The van der Waals surface area contributed by atoms with E-state index >= 15 is 0 Å². The molecule has 0 unspecified atom stereocenters. The molecule has 3 nitrogen and oxygen atoms in total. The highest BCUT2D eigenvalue weighted by Crippen LogP contribution is 2.27. The average Bonchev–Trinajstić information content (AvgIpc) is 2.56. The van der Waals surface area contributed by atoms with E-state index < -0.39 is 5.41 Å². The second kappa shape index (κ2) is 5.33. The molecule has 0 aliphatic rings. The van der Waals surface area contributed by atoms with Gasteiger partial charge in [0.05, 0.1) is 10.0 Å². The minimum absolute atomic E-state index is 0.183. The molecule has 1 heterocycles. The van der Waals surface area contributed by atoms with Gasteiger partial charge < -0.3 is 11.1 Å². The molecule has 0 spiro atoms. The first-order valence-corrected chi connectivity index (χ1v) is 6.74. The third-order valence-electron chi connectivity index (χ3n) is 2.46. The lowest BCUT2D eigenvalue weighted by Crippen LogP contribution is -2.41. The van der Waals surface area contributed by atoms with E-state index in [0.29, 0.717) is 21.4 Å². The third kappa shape index (κ3) is 3.40. The van der Waals surface area contributed by atoms with Crippen LogP contribution in [0.1, 0.15) is 29.1 Å². The van der Waals surface area contributed by atoms with Crippen LogP contribution in [0.25, 0.3) is 0 Å². The van der Waals surface area contributed by atoms with Gasteiger partial charge >= 0.3 is 0 Å². The maximum Gasteiger partial charge on any atom is 0.262 e. The molecule has 0 aromatic carbocycles. The summed E-state index contributed by atoms with van der Waals surface area (Å²) in [6.45, 7) is 6.04. The van der Waals surface area contributed by atoms with E-state index in [1.807, 2.05) is 26.2 Å². The second-order valence-electron chi connectivity index (χ2n) is 4.49. The average molecular weight is 291 g/mol. The first-order valence-electron chi connectivity index (χ1n) is 5.07. The van der Waals surface area contributed by atoms with Crippen LogP contribution in [-0.2, 0) is 0 Å². The Bertz CT molecular complexity index is 454. The number of nitrogens with one attached hydrogen (secondary N) is 1. The molecular weight excluding hydrogens is 276 g/mol. The molecule has 0 aliphatic heterocycles. The van der Waals surface area contributed by atoms with Gasteiger partial charge in [0.15, 0.2) is 0 Å². The van der Waals surface area contributed by atoms with Crippen molar-refractivity contribution in [3.05, 3.63) is 20.8 Å².